The normalized spacial score (nSPS) is 35.8. The highest BCUT2D eigenvalue weighted by Gasteiger charge is 2.69. The first-order valence-electron chi connectivity index (χ1n) is 6.42. The Morgan fingerprint density at radius 1 is 1.59 bits per heavy atom. The third kappa shape index (κ3) is 1.74. The Kier molecular flexibility index (Phi) is 2.92. The smallest absolute Gasteiger partial charge is 0.410 e. The van der Waals surface area contributed by atoms with E-state index in [4.69, 9.17) is 4.74 Å². The van der Waals surface area contributed by atoms with Gasteiger partial charge in [-0.3, -0.25) is 9.69 Å². The number of likely N-dealkylation sites (tertiary alicyclic amines) is 1. The highest BCUT2D eigenvalue weighted by Crippen LogP contribution is 2.51. The molecule has 4 nitrogen and oxygen atoms in total. The number of ketones is 1. The standard InChI is InChI=1S/C13H21NO3/c1-5-17-12(16)14-10-6-9(8(2)3)7-11(15)13(10,14)4/h8-10H,5-7H2,1-4H3/t9-,10+,13+,14?/m0/s1. The molecule has 1 amide bonds. The number of fused-ring (bicyclic) bond motifs is 1. The number of carbonyl (C=O) groups excluding carboxylic acids is 2. The number of Topliss-reactive ketones (excluding diaryl/α,β-unsaturated/α-hetero) is 1. The molecule has 2 aliphatic rings. The zero-order valence-electron chi connectivity index (χ0n) is 11.0. The van der Waals surface area contributed by atoms with Gasteiger partial charge in [-0.1, -0.05) is 13.8 Å². The molecule has 2 rings (SSSR count). The van der Waals surface area contributed by atoms with Gasteiger partial charge in [-0.15, -0.1) is 0 Å². The number of nitrogens with zero attached hydrogens (tertiary/aromatic N) is 1. The molecule has 17 heavy (non-hydrogen) atoms. The van der Waals surface area contributed by atoms with Gasteiger partial charge in [0.1, 0.15) is 5.54 Å². The first-order chi connectivity index (χ1) is 7.92. The molecule has 0 aromatic carbocycles. The van der Waals surface area contributed by atoms with Crippen LogP contribution in [0.4, 0.5) is 4.79 Å². The van der Waals surface area contributed by atoms with Crippen LogP contribution in [-0.2, 0) is 9.53 Å². The number of rotatable bonds is 2. The van der Waals surface area contributed by atoms with E-state index in [-0.39, 0.29) is 17.9 Å². The van der Waals surface area contributed by atoms with E-state index in [1.807, 2.05) is 6.92 Å². The van der Waals surface area contributed by atoms with Crippen molar-refractivity contribution in [3.05, 3.63) is 0 Å². The lowest BCUT2D eigenvalue weighted by molar-refractivity contribution is -0.124. The maximum Gasteiger partial charge on any atom is 0.410 e. The molecule has 0 aromatic heterocycles. The summed E-state index contributed by atoms with van der Waals surface area (Å²) in [4.78, 5) is 25.5. The third-order valence-electron chi connectivity index (χ3n) is 4.34. The van der Waals surface area contributed by atoms with Crippen molar-refractivity contribution >= 4 is 11.9 Å². The number of hydrogen-bond donors (Lipinski definition) is 0. The van der Waals surface area contributed by atoms with Crippen LogP contribution in [0.2, 0.25) is 0 Å². The quantitative estimate of drug-likeness (QED) is 0.694. The summed E-state index contributed by atoms with van der Waals surface area (Å²) in [5.41, 5.74) is -0.572. The second-order valence-corrected chi connectivity index (χ2v) is 5.60. The molecular formula is C13H21NO3. The van der Waals surface area contributed by atoms with Crippen LogP contribution in [0.15, 0.2) is 0 Å². The first kappa shape index (κ1) is 12.4. The average molecular weight is 239 g/mol. The number of hydrogen-bond acceptors (Lipinski definition) is 3. The van der Waals surface area contributed by atoms with Crippen molar-refractivity contribution in [2.75, 3.05) is 6.61 Å². The van der Waals surface area contributed by atoms with Crippen LogP contribution in [0.5, 0.6) is 0 Å². The molecule has 96 valence electrons. The van der Waals surface area contributed by atoms with Crippen molar-refractivity contribution in [1.29, 1.82) is 0 Å². The van der Waals surface area contributed by atoms with E-state index < -0.39 is 5.54 Å². The second-order valence-electron chi connectivity index (χ2n) is 5.60. The van der Waals surface area contributed by atoms with Crippen LogP contribution in [-0.4, -0.2) is 35.0 Å². The zero-order valence-corrected chi connectivity index (χ0v) is 11.0. The average Bonchev–Trinajstić information content (AvgIpc) is 2.85. The zero-order chi connectivity index (χ0) is 12.8. The van der Waals surface area contributed by atoms with Crippen molar-refractivity contribution in [3.8, 4) is 0 Å². The molecule has 0 unspecified atom stereocenters. The van der Waals surface area contributed by atoms with Crippen LogP contribution < -0.4 is 0 Å². The number of ether oxygens (including phenoxy) is 1. The first-order valence-corrected chi connectivity index (χ1v) is 6.42. The monoisotopic (exact) mass is 239 g/mol. The van der Waals surface area contributed by atoms with Crippen molar-refractivity contribution in [2.45, 2.75) is 52.1 Å². The van der Waals surface area contributed by atoms with Crippen LogP contribution in [0.3, 0.4) is 0 Å². The second kappa shape index (κ2) is 4.00. The molecule has 1 aliphatic heterocycles. The van der Waals surface area contributed by atoms with Crippen molar-refractivity contribution in [3.63, 3.8) is 0 Å². The summed E-state index contributed by atoms with van der Waals surface area (Å²) in [5.74, 6) is 1.09. The lowest BCUT2D eigenvalue weighted by Gasteiger charge is -2.24. The van der Waals surface area contributed by atoms with E-state index in [0.717, 1.165) is 6.42 Å². The Hall–Kier alpha value is -1.06. The molecule has 1 saturated heterocycles. The minimum atomic E-state index is -0.572. The Morgan fingerprint density at radius 2 is 2.24 bits per heavy atom. The van der Waals surface area contributed by atoms with Crippen LogP contribution >= 0.6 is 0 Å². The van der Waals surface area contributed by atoms with E-state index in [9.17, 15) is 9.59 Å². The summed E-state index contributed by atoms with van der Waals surface area (Å²) in [5, 5.41) is 0. The van der Waals surface area contributed by atoms with Gasteiger partial charge in [0, 0.05) is 6.42 Å². The molecule has 3 atom stereocenters. The molecule has 2 fully saturated rings. The predicted molar refractivity (Wildman–Crippen MR) is 63.6 cm³/mol. The van der Waals surface area contributed by atoms with Crippen LogP contribution in [0.1, 0.15) is 40.5 Å². The molecule has 4 heteroatoms. The van der Waals surface area contributed by atoms with Gasteiger partial charge < -0.3 is 4.74 Å². The van der Waals surface area contributed by atoms with Gasteiger partial charge in [-0.05, 0) is 32.1 Å². The molecule has 0 N–H and O–H groups in total. The molecular weight excluding hydrogens is 218 g/mol. The summed E-state index contributed by atoms with van der Waals surface area (Å²) < 4.78 is 5.00. The topological polar surface area (TPSA) is 46.4 Å². The van der Waals surface area contributed by atoms with E-state index in [1.54, 1.807) is 11.8 Å². The predicted octanol–water partition coefficient (Wildman–Crippen LogP) is 2.22. The van der Waals surface area contributed by atoms with Gasteiger partial charge >= 0.3 is 6.09 Å². The van der Waals surface area contributed by atoms with Crippen molar-refractivity contribution < 1.29 is 14.3 Å². The fourth-order valence-corrected chi connectivity index (χ4v) is 2.95. The number of carbonyl (C=O) groups is 2. The molecule has 1 heterocycles. The van der Waals surface area contributed by atoms with E-state index in [2.05, 4.69) is 13.8 Å². The van der Waals surface area contributed by atoms with Gasteiger partial charge in [-0.25, -0.2) is 4.79 Å². The summed E-state index contributed by atoms with van der Waals surface area (Å²) in [7, 11) is 0. The number of amides is 1. The summed E-state index contributed by atoms with van der Waals surface area (Å²) in [6, 6.07) is 0.0650. The summed E-state index contributed by atoms with van der Waals surface area (Å²) in [6.45, 7) is 8.29. The van der Waals surface area contributed by atoms with E-state index >= 15 is 0 Å². The Labute approximate surface area is 102 Å². The van der Waals surface area contributed by atoms with E-state index in [1.165, 1.54) is 0 Å². The maximum atomic E-state index is 12.1. The summed E-state index contributed by atoms with van der Waals surface area (Å²) >= 11 is 0. The molecule has 0 bridgehead atoms. The highest BCUT2D eigenvalue weighted by atomic mass is 16.6. The largest absolute Gasteiger partial charge is 0.450 e. The Bertz CT molecular complexity index is 353. The summed E-state index contributed by atoms with van der Waals surface area (Å²) in [6.07, 6.45) is 1.19. The molecule has 0 aromatic rings. The molecule has 1 aliphatic carbocycles. The minimum Gasteiger partial charge on any atom is -0.450 e. The highest BCUT2D eigenvalue weighted by molar-refractivity contribution is 5.98. The lowest BCUT2D eigenvalue weighted by Crippen LogP contribution is -2.35. The maximum absolute atomic E-state index is 12.1. The van der Waals surface area contributed by atoms with Gasteiger partial charge in [0.15, 0.2) is 5.78 Å². The van der Waals surface area contributed by atoms with E-state index in [0.29, 0.717) is 24.9 Å². The van der Waals surface area contributed by atoms with Crippen molar-refractivity contribution in [2.24, 2.45) is 11.8 Å². The van der Waals surface area contributed by atoms with Gasteiger partial charge in [0.2, 0.25) is 0 Å². The Morgan fingerprint density at radius 3 is 2.76 bits per heavy atom. The fourth-order valence-electron chi connectivity index (χ4n) is 2.95. The molecule has 0 radical (unpaired) electrons. The third-order valence-corrected chi connectivity index (χ3v) is 4.34. The van der Waals surface area contributed by atoms with Crippen LogP contribution in [0.25, 0.3) is 0 Å². The fraction of sp³-hybridized carbons (Fsp3) is 0.846. The lowest BCUT2D eigenvalue weighted by atomic mass is 9.77. The molecule has 1 saturated carbocycles. The van der Waals surface area contributed by atoms with Crippen molar-refractivity contribution in [1.82, 2.24) is 4.90 Å². The van der Waals surface area contributed by atoms with Crippen LogP contribution in [0, 0.1) is 11.8 Å². The SMILES string of the molecule is CCOC(=O)N1[C@@H]2C[C@H](C(C)C)CC(=O)[C@@]21C. The Balaban J connectivity index is 2.11. The van der Waals surface area contributed by atoms with Gasteiger partial charge in [0.25, 0.3) is 0 Å². The van der Waals surface area contributed by atoms with Gasteiger partial charge in [-0.2, -0.15) is 0 Å². The van der Waals surface area contributed by atoms with Gasteiger partial charge in [0.05, 0.1) is 12.6 Å². The minimum absolute atomic E-state index is 0.0650. The molecule has 0 spiro atoms.